The fraction of sp³-hybridized carbons (Fsp3) is 0.833. The van der Waals surface area contributed by atoms with Crippen LogP contribution in [0.25, 0.3) is 0 Å². The van der Waals surface area contributed by atoms with Gasteiger partial charge in [-0.3, -0.25) is 9.59 Å². The van der Waals surface area contributed by atoms with Gasteiger partial charge in [0.1, 0.15) is 0 Å². The second kappa shape index (κ2) is 6.95. The van der Waals surface area contributed by atoms with Gasteiger partial charge in [-0.15, -0.1) is 12.4 Å². The van der Waals surface area contributed by atoms with Crippen LogP contribution >= 0.6 is 12.4 Å². The first kappa shape index (κ1) is 15.2. The third-order valence-electron chi connectivity index (χ3n) is 3.61. The minimum absolute atomic E-state index is 0. The first-order valence-corrected chi connectivity index (χ1v) is 6.49. The molecule has 2 atom stereocenters. The van der Waals surface area contributed by atoms with Gasteiger partial charge in [0.25, 0.3) is 0 Å². The molecule has 18 heavy (non-hydrogen) atoms. The molecule has 2 aliphatic rings. The first-order valence-electron chi connectivity index (χ1n) is 6.49. The van der Waals surface area contributed by atoms with Gasteiger partial charge in [-0.2, -0.15) is 0 Å². The van der Waals surface area contributed by atoms with Gasteiger partial charge in [0.05, 0.1) is 5.92 Å². The molecular weight excluding hydrogens is 254 g/mol. The maximum atomic E-state index is 12.0. The van der Waals surface area contributed by atoms with Crippen LogP contribution < -0.4 is 10.6 Å². The monoisotopic (exact) mass is 275 g/mol. The zero-order chi connectivity index (χ0) is 12.3. The molecule has 0 bridgehead atoms. The highest BCUT2D eigenvalue weighted by Gasteiger charge is 2.34. The molecule has 2 aliphatic heterocycles. The average Bonchev–Trinajstić information content (AvgIpc) is 2.72. The Balaban J connectivity index is 0.00000162. The first-order chi connectivity index (χ1) is 8.20. The van der Waals surface area contributed by atoms with Crippen LogP contribution in [0.15, 0.2) is 0 Å². The molecule has 2 N–H and O–H groups in total. The topological polar surface area (TPSA) is 61.4 Å². The number of halogens is 1. The van der Waals surface area contributed by atoms with E-state index in [4.69, 9.17) is 0 Å². The largest absolute Gasteiger partial charge is 0.352 e. The number of nitrogens with zero attached hydrogens (tertiary/aromatic N) is 1. The molecule has 0 aliphatic carbocycles. The normalized spacial score (nSPS) is 27.8. The Morgan fingerprint density at radius 2 is 2.33 bits per heavy atom. The summed E-state index contributed by atoms with van der Waals surface area (Å²) in [5.74, 6) is 0.00166. The molecule has 5 nitrogen and oxygen atoms in total. The van der Waals surface area contributed by atoms with E-state index in [2.05, 4.69) is 10.6 Å². The molecule has 2 amide bonds. The molecule has 1 unspecified atom stereocenters. The van der Waals surface area contributed by atoms with Crippen LogP contribution in [0.3, 0.4) is 0 Å². The maximum absolute atomic E-state index is 12.0. The van der Waals surface area contributed by atoms with Crippen molar-refractivity contribution in [3.05, 3.63) is 0 Å². The van der Waals surface area contributed by atoms with Crippen molar-refractivity contribution >= 4 is 24.2 Å². The van der Waals surface area contributed by atoms with Gasteiger partial charge < -0.3 is 15.5 Å². The number of piperidine rings is 1. The summed E-state index contributed by atoms with van der Waals surface area (Å²) < 4.78 is 0. The number of hydrogen-bond acceptors (Lipinski definition) is 3. The SMILES string of the molecule is CCN1CC(C(=O)N[C@H]2CCCNC2)CC1=O.Cl. The quantitative estimate of drug-likeness (QED) is 0.771. The summed E-state index contributed by atoms with van der Waals surface area (Å²) in [6.07, 6.45) is 2.52. The lowest BCUT2D eigenvalue weighted by Gasteiger charge is -2.25. The van der Waals surface area contributed by atoms with E-state index < -0.39 is 0 Å². The molecule has 0 aromatic heterocycles. The Morgan fingerprint density at radius 3 is 2.89 bits per heavy atom. The second-order valence-electron chi connectivity index (χ2n) is 4.89. The minimum Gasteiger partial charge on any atom is -0.352 e. The fourth-order valence-electron chi connectivity index (χ4n) is 2.55. The Hall–Kier alpha value is -0.810. The lowest BCUT2D eigenvalue weighted by molar-refractivity contribution is -0.129. The van der Waals surface area contributed by atoms with Gasteiger partial charge >= 0.3 is 0 Å². The van der Waals surface area contributed by atoms with E-state index in [1.165, 1.54) is 0 Å². The van der Waals surface area contributed by atoms with Crippen molar-refractivity contribution in [3.63, 3.8) is 0 Å². The van der Waals surface area contributed by atoms with Gasteiger partial charge in [0, 0.05) is 32.1 Å². The molecule has 2 rings (SSSR count). The van der Waals surface area contributed by atoms with Crippen molar-refractivity contribution < 1.29 is 9.59 Å². The molecule has 6 heteroatoms. The Morgan fingerprint density at radius 1 is 1.56 bits per heavy atom. The summed E-state index contributed by atoms with van der Waals surface area (Å²) in [5, 5.41) is 6.31. The lowest BCUT2D eigenvalue weighted by Crippen LogP contribution is -2.47. The maximum Gasteiger partial charge on any atom is 0.225 e. The van der Waals surface area contributed by atoms with Crippen molar-refractivity contribution in [2.75, 3.05) is 26.2 Å². The van der Waals surface area contributed by atoms with Crippen LogP contribution in [0.1, 0.15) is 26.2 Å². The van der Waals surface area contributed by atoms with Gasteiger partial charge in [-0.25, -0.2) is 0 Å². The predicted molar refractivity (Wildman–Crippen MR) is 71.6 cm³/mol. The van der Waals surface area contributed by atoms with Gasteiger partial charge in [-0.1, -0.05) is 0 Å². The van der Waals surface area contributed by atoms with E-state index in [1.54, 1.807) is 4.90 Å². The van der Waals surface area contributed by atoms with E-state index in [0.717, 1.165) is 25.9 Å². The number of amides is 2. The van der Waals surface area contributed by atoms with Gasteiger partial charge in [0.15, 0.2) is 0 Å². The van der Waals surface area contributed by atoms with Gasteiger partial charge in [0.2, 0.25) is 11.8 Å². The van der Waals surface area contributed by atoms with Crippen molar-refractivity contribution in [1.29, 1.82) is 0 Å². The number of carbonyl (C=O) groups excluding carboxylic acids is 2. The highest BCUT2D eigenvalue weighted by molar-refractivity contribution is 5.89. The van der Waals surface area contributed by atoms with E-state index in [0.29, 0.717) is 19.5 Å². The number of carbonyl (C=O) groups is 2. The second-order valence-corrected chi connectivity index (χ2v) is 4.89. The lowest BCUT2D eigenvalue weighted by atomic mass is 10.0. The summed E-state index contributed by atoms with van der Waals surface area (Å²) in [6, 6.07) is 0.238. The fourth-order valence-corrected chi connectivity index (χ4v) is 2.55. The highest BCUT2D eigenvalue weighted by atomic mass is 35.5. The average molecular weight is 276 g/mol. The number of rotatable bonds is 3. The van der Waals surface area contributed by atoms with Crippen LogP contribution in [0.4, 0.5) is 0 Å². The third kappa shape index (κ3) is 3.59. The van der Waals surface area contributed by atoms with E-state index in [-0.39, 0.29) is 36.2 Å². The van der Waals surface area contributed by atoms with Crippen LogP contribution in [0.5, 0.6) is 0 Å². The molecule has 0 saturated carbocycles. The zero-order valence-electron chi connectivity index (χ0n) is 10.8. The highest BCUT2D eigenvalue weighted by Crippen LogP contribution is 2.18. The summed E-state index contributed by atoms with van der Waals surface area (Å²) >= 11 is 0. The predicted octanol–water partition coefficient (Wildman–Crippen LogP) is 0.145. The molecule has 2 fully saturated rings. The van der Waals surface area contributed by atoms with Gasteiger partial charge in [-0.05, 0) is 26.3 Å². The molecule has 2 heterocycles. The van der Waals surface area contributed by atoms with Crippen LogP contribution in [0, 0.1) is 5.92 Å². The summed E-state index contributed by atoms with van der Waals surface area (Å²) in [5.41, 5.74) is 0. The molecule has 0 spiro atoms. The van der Waals surface area contributed by atoms with Crippen molar-refractivity contribution in [1.82, 2.24) is 15.5 Å². The Labute approximate surface area is 114 Å². The van der Waals surface area contributed by atoms with Crippen LogP contribution in [-0.2, 0) is 9.59 Å². The van der Waals surface area contributed by atoms with Crippen molar-refractivity contribution in [2.45, 2.75) is 32.2 Å². The van der Waals surface area contributed by atoms with Crippen LogP contribution in [-0.4, -0.2) is 48.9 Å². The van der Waals surface area contributed by atoms with Crippen molar-refractivity contribution in [3.8, 4) is 0 Å². The molecule has 0 aromatic rings. The summed E-state index contributed by atoms with van der Waals surface area (Å²) in [4.78, 5) is 25.3. The molecular formula is C12H22ClN3O2. The minimum atomic E-state index is -0.149. The number of likely N-dealkylation sites (tertiary alicyclic amines) is 1. The molecule has 104 valence electrons. The van der Waals surface area contributed by atoms with Crippen LogP contribution in [0.2, 0.25) is 0 Å². The zero-order valence-corrected chi connectivity index (χ0v) is 11.6. The molecule has 0 aromatic carbocycles. The number of hydrogen-bond donors (Lipinski definition) is 2. The van der Waals surface area contributed by atoms with E-state index in [1.807, 2.05) is 6.92 Å². The molecule has 2 saturated heterocycles. The smallest absolute Gasteiger partial charge is 0.225 e. The standard InChI is InChI=1S/C12H21N3O2.ClH/c1-2-15-8-9(6-11(15)16)12(17)14-10-4-3-5-13-7-10;/h9-10,13H,2-8H2,1H3,(H,14,17);1H/t9?,10-;/m0./s1. The number of nitrogens with one attached hydrogen (secondary N) is 2. The third-order valence-corrected chi connectivity index (χ3v) is 3.61. The Kier molecular flexibility index (Phi) is 5.88. The molecule has 0 radical (unpaired) electrons. The van der Waals surface area contributed by atoms with E-state index in [9.17, 15) is 9.59 Å². The van der Waals surface area contributed by atoms with Crippen molar-refractivity contribution in [2.24, 2.45) is 5.92 Å². The summed E-state index contributed by atoms with van der Waals surface area (Å²) in [6.45, 7) is 5.12. The summed E-state index contributed by atoms with van der Waals surface area (Å²) in [7, 11) is 0. The Bertz CT molecular complexity index is 306. The van der Waals surface area contributed by atoms with E-state index >= 15 is 0 Å².